The lowest BCUT2D eigenvalue weighted by atomic mass is 10.1. The Morgan fingerprint density at radius 2 is 2.29 bits per heavy atom. The molecule has 1 fully saturated rings. The fourth-order valence-corrected chi connectivity index (χ4v) is 3.82. The zero-order chi connectivity index (χ0) is 12.3. The molecule has 2 rings (SSSR count). The lowest BCUT2D eigenvalue weighted by molar-refractivity contribution is 0.191. The van der Waals surface area contributed by atoms with Crippen LogP contribution in [0.15, 0.2) is 15.9 Å². The van der Waals surface area contributed by atoms with Crippen molar-refractivity contribution in [1.82, 2.24) is 4.90 Å². The summed E-state index contributed by atoms with van der Waals surface area (Å²) in [5.41, 5.74) is 6.00. The van der Waals surface area contributed by atoms with E-state index in [2.05, 4.69) is 39.9 Å². The van der Waals surface area contributed by atoms with Crippen molar-refractivity contribution >= 4 is 27.3 Å². The van der Waals surface area contributed by atoms with Crippen LogP contribution in [0.25, 0.3) is 0 Å². The first-order valence-electron chi connectivity index (χ1n) is 6.47. The van der Waals surface area contributed by atoms with Crippen LogP contribution < -0.4 is 5.73 Å². The molecule has 0 bridgehead atoms. The van der Waals surface area contributed by atoms with Crippen molar-refractivity contribution in [3.63, 3.8) is 0 Å². The quantitative estimate of drug-likeness (QED) is 0.829. The summed E-state index contributed by atoms with van der Waals surface area (Å²) in [5.74, 6) is 0. The van der Waals surface area contributed by atoms with Crippen LogP contribution in [0.4, 0.5) is 0 Å². The molecule has 0 saturated heterocycles. The first-order valence-corrected chi connectivity index (χ1v) is 8.08. The highest BCUT2D eigenvalue weighted by Gasteiger charge is 2.34. The second-order valence-corrected chi connectivity index (χ2v) is 7.21. The van der Waals surface area contributed by atoms with E-state index in [0.717, 1.165) is 12.6 Å². The van der Waals surface area contributed by atoms with E-state index < -0.39 is 0 Å². The Bertz CT molecular complexity index is 349. The van der Waals surface area contributed by atoms with Crippen LogP contribution in [0.5, 0.6) is 0 Å². The number of unbranched alkanes of at least 4 members (excludes halogenated alkanes) is 1. The normalized spacial score (nSPS) is 17.6. The molecule has 4 heteroatoms. The van der Waals surface area contributed by atoms with Gasteiger partial charge in [0.25, 0.3) is 0 Å². The maximum absolute atomic E-state index is 6.00. The van der Waals surface area contributed by atoms with Crippen LogP contribution in [0.1, 0.15) is 43.5 Å². The summed E-state index contributed by atoms with van der Waals surface area (Å²) in [4.78, 5) is 4.03. The summed E-state index contributed by atoms with van der Waals surface area (Å²) >= 11 is 5.37. The van der Waals surface area contributed by atoms with Gasteiger partial charge in [0.05, 0.1) is 9.83 Å². The first kappa shape index (κ1) is 13.5. The van der Waals surface area contributed by atoms with Crippen molar-refractivity contribution in [2.45, 2.75) is 44.7 Å². The molecule has 1 aromatic heterocycles. The Hall–Kier alpha value is 0.1000. The molecule has 0 spiro atoms. The van der Waals surface area contributed by atoms with Crippen molar-refractivity contribution in [3.8, 4) is 0 Å². The van der Waals surface area contributed by atoms with E-state index >= 15 is 0 Å². The van der Waals surface area contributed by atoms with E-state index in [1.807, 2.05) is 11.3 Å². The molecule has 0 aromatic carbocycles. The van der Waals surface area contributed by atoms with Gasteiger partial charge in [-0.25, -0.2) is 0 Å². The number of hydrogen-bond acceptors (Lipinski definition) is 3. The third-order valence-electron chi connectivity index (χ3n) is 3.33. The van der Waals surface area contributed by atoms with Crippen molar-refractivity contribution in [1.29, 1.82) is 0 Å². The number of thiophene rings is 1. The SMILES string of the molecule is CCCCN(C1CC1)C(CN)c1ccc(Br)s1. The van der Waals surface area contributed by atoms with Gasteiger partial charge in [-0.05, 0) is 53.9 Å². The second-order valence-electron chi connectivity index (χ2n) is 4.72. The molecule has 0 radical (unpaired) electrons. The highest BCUT2D eigenvalue weighted by molar-refractivity contribution is 9.11. The third-order valence-corrected chi connectivity index (χ3v) is 5.06. The van der Waals surface area contributed by atoms with Gasteiger partial charge in [-0.1, -0.05) is 13.3 Å². The number of rotatable bonds is 7. The summed E-state index contributed by atoms with van der Waals surface area (Å²) in [6.45, 7) is 4.18. The minimum Gasteiger partial charge on any atom is -0.329 e. The molecule has 96 valence electrons. The van der Waals surface area contributed by atoms with Gasteiger partial charge in [0.1, 0.15) is 0 Å². The zero-order valence-corrected chi connectivity index (χ0v) is 12.8. The lowest BCUT2D eigenvalue weighted by Gasteiger charge is -2.30. The summed E-state index contributed by atoms with van der Waals surface area (Å²) in [7, 11) is 0. The Labute approximate surface area is 116 Å². The van der Waals surface area contributed by atoms with E-state index in [1.54, 1.807) is 0 Å². The van der Waals surface area contributed by atoms with Crippen LogP contribution in [0, 0.1) is 0 Å². The van der Waals surface area contributed by atoms with E-state index in [4.69, 9.17) is 5.73 Å². The molecule has 1 atom stereocenters. The Kier molecular flexibility index (Phi) is 5.03. The molecule has 2 N–H and O–H groups in total. The topological polar surface area (TPSA) is 29.3 Å². The molecule has 2 nitrogen and oxygen atoms in total. The maximum atomic E-state index is 6.00. The van der Waals surface area contributed by atoms with E-state index in [1.165, 1.54) is 40.9 Å². The molecule has 1 aromatic rings. The van der Waals surface area contributed by atoms with Gasteiger partial charge in [-0.2, -0.15) is 0 Å². The van der Waals surface area contributed by atoms with Gasteiger partial charge in [-0.3, -0.25) is 4.90 Å². The molecule has 1 aliphatic carbocycles. The van der Waals surface area contributed by atoms with Crippen LogP contribution in [-0.2, 0) is 0 Å². The molecule has 1 aliphatic rings. The van der Waals surface area contributed by atoms with Gasteiger partial charge >= 0.3 is 0 Å². The summed E-state index contributed by atoms with van der Waals surface area (Å²) in [6, 6.07) is 5.56. The predicted octanol–water partition coefficient (Wildman–Crippen LogP) is 3.77. The summed E-state index contributed by atoms with van der Waals surface area (Å²) in [5, 5.41) is 0. The van der Waals surface area contributed by atoms with E-state index in [0.29, 0.717) is 6.04 Å². The Morgan fingerprint density at radius 1 is 1.53 bits per heavy atom. The average molecular weight is 317 g/mol. The van der Waals surface area contributed by atoms with Crippen LogP contribution in [0.3, 0.4) is 0 Å². The van der Waals surface area contributed by atoms with E-state index in [-0.39, 0.29) is 0 Å². The highest BCUT2D eigenvalue weighted by Crippen LogP contribution is 2.37. The maximum Gasteiger partial charge on any atom is 0.0702 e. The van der Waals surface area contributed by atoms with Crippen LogP contribution in [-0.4, -0.2) is 24.0 Å². The summed E-state index contributed by atoms with van der Waals surface area (Å²) < 4.78 is 1.21. The van der Waals surface area contributed by atoms with Crippen molar-refractivity contribution in [2.24, 2.45) is 5.73 Å². The molecule has 0 amide bonds. The molecule has 1 unspecified atom stereocenters. The number of hydrogen-bond donors (Lipinski definition) is 1. The van der Waals surface area contributed by atoms with Crippen molar-refractivity contribution < 1.29 is 0 Å². The van der Waals surface area contributed by atoms with Gasteiger partial charge in [0, 0.05) is 17.5 Å². The van der Waals surface area contributed by atoms with Gasteiger partial charge in [0.15, 0.2) is 0 Å². The average Bonchev–Trinajstić information content (AvgIpc) is 3.08. The molecular formula is C13H21BrN2S. The second kappa shape index (κ2) is 6.32. The number of halogens is 1. The monoisotopic (exact) mass is 316 g/mol. The third kappa shape index (κ3) is 3.53. The first-order chi connectivity index (χ1) is 8.26. The standard InChI is InChI=1S/C13H21BrN2S/c1-2-3-8-16(10-4-5-10)11(9-15)12-6-7-13(14)17-12/h6-7,10-11H,2-5,8-9,15H2,1H3. The Balaban J connectivity index is 2.08. The molecular weight excluding hydrogens is 296 g/mol. The summed E-state index contributed by atoms with van der Waals surface area (Å²) in [6.07, 6.45) is 5.24. The largest absolute Gasteiger partial charge is 0.329 e. The minimum absolute atomic E-state index is 0.422. The molecule has 1 heterocycles. The van der Waals surface area contributed by atoms with Crippen LogP contribution in [0.2, 0.25) is 0 Å². The van der Waals surface area contributed by atoms with Gasteiger partial charge in [0.2, 0.25) is 0 Å². The number of nitrogens with zero attached hydrogens (tertiary/aromatic N) is 1. The molecule has 17 heavy (non-hydrogen) atoms. The predicted molar refractivity (Wildman–Crippen MR) is 78.5 cm³/mol. The highest BCUT2D eigenvalue weighted by atomic mass is 79.9. The smallest absolute Gasteiger partial charge is 0.0702 e. The van der Waals surface area contributed by atoms with Crippen molar-refractivity contribution in [2.75, 3.05) is 13.1 Å². The fraction of sp³-hybridized carbons (Fsp3) is 0.692. The fourth-order valence-electron chi connectivity index (χ4n) is 2.26. The number of nitrogens with two attached hydrogens (primary N) is 1. The van der Waals surface area contributed by atoms with Gasteiger partial charge in [-0.15, -0.1) is 11.3 Å². The Morgan fingerprint density at radius 3 is 2.76 bits per heavy atom. The van der Waals surface area contributed by atoms with Crippen LogP contribution >= 0.6 is 27.3 Å². The van der Waals surface area contributed by atoms with Gasteiger partial charge < -0.3 is 5.73 Å². The minimum atomic E-state index is 0.422. The molecule has 1 saturated carbocycles. The lowest BCUT2D eigenvalue weighted by Crippen LogP contribution is -2.35. The van der Waals surface area contributed by atoms with E-state index in [9.17, 15) is 0 Å². The molecule has 0 aliphatic heterocycles. The zero-order valence-electron chi connectivity index (χ0n) is 10.4. The van der Waals surface area contributed by atoms with Crippen molar-refractivity contribution in [3.05, 3.63) is 20.8 Å².